The zero-order valence-electron chi connectivity index (χ0n) is 13.3. The van der Waals surface area contributed by atoms with E-state index in [-0.39, 0.29) is 18.1 Å². The molecule has 2 heterocycles. The highest BCUT2D eigenvalue weighted by Crippen LogP contribution is 2.20. The van der Waals surface area contributed by atoms with Gasteiger partial charge in [-0.05, 0) is 65.0 Å². The van der Waals surface area contributed by atoms with Crippen LogP contribution in [0.2, 0.25) is 0 Å². The normalized spacial score (nSPS) is 14.5. The standard InChI is InChI=1S/C18H19BrFN3O/c19-15-10-13(4-6-16(15)20)11-18(24)22-14-5-7-17(21-12-14)23-8-2-1-3-9-23/h4-7,10,12H,1-3,8-9,11H2,(H,22,24). The van der Waals surface area contributed by atoms with Gasteiger partial charge in [-0.15, -0.1) is 0 Å². The Morgan fingerprint density at radius 3 is 2.67 bits per heavy atom. The quantitative estimate of drug-likeness (QED) is 0.850. The molecule has 0 atom stereocenters. The molecule has 0 aliphatic carbocycles. The van der Waals surface area contributed by atoms with E-state index in [0.717, 1.165) is 24.5 Å². The Morgan fingerprint density at radius 1 is 1.21 bits per heavy atom. The number of aromatic nitrogens is 1. The fourth-order valence-electron chi connectivity index (χ4n) is 2.81. The number of pyridine rings is 1. The van der Waals surface area contributed by atoms with Gasteiger partial charge in [0, 0.05) is 13.1 Å². The average molecular weight is 392 g/mol. The lowest BCUT2D eigenvalue weighted by molar-refractivity contribution is -0.115. The number of carbonyl (C=O) groups excluding carboxylic acids is 1. The lowest BCUT2D eigenvalue weighted by Crippen LogP contribution is -2.30. The highest BCUT2D eigenvalue weighted by atomic mass is 79.9. The molecule has 1 amide bonds. The number of nitrogens with zero attached hydrogens (tertiary/aromatic N) is 2. The van der Waals surface area contributed by atoms with E-state index in [4.69, 9.17) is 0 Å². The Kier molecular flexibility index (Phi) is 5.45. The topological polar surface area (TPSA) is 45.2 Å². The zero-order valence-corrected chi connectivity index (χ0v) is 14.9. The predicted molar refractivity (Wildman–Crippen MR) is 96.7 cm³/mol. The first-order chi connectivity index (χ1) is 11.6. The van der Waals surface area contributed by atoms with Crippen molar-refractivity contribution in [2.24, 2.45) is 0 Å². The molecule has 6 heteroatoms. The summed E-state index contributed by atoms with van der Waals surface area (Å²) in [4.78, 5) is 18.8. The fraction of sp³-hybridized carbons (Fsp3) is 0.333. The molecule has 1 aliphatic rings. The summed E-state index contributed by atoms with van der Waals surface area (Å²) >= 11 is 3.13. The number of benzene rings is 1. The van der Waals surface area contributed by atoms with Crippen LogP contribution < -0.4 is 10.2 Å². The van der Waals surface area contributed by atoms with E-state index in [1.165, 1.54) is 25.3 Å². The molecule has 1 aromatic heterocycles. The van der Waals surface area contributed by atoms with Gasteiger partial charge in [0.15, 0.2) is 0 Å². The molecule has 1 aromatic carbocycles. The van der Waals surface area contributed by atoms with Gasteiger partial charge in [-0.3, -0.25) is 4.79 Å². The Morgan fingerprint density at radius 2 is 2.00 bits per heavy atom. The summed E-state index contributed by atoms with van der Waals surface area (Å²) in [5.41, 5.74) is 1.42. The van der Waals surface area contributed by atoms with Crippen molar-refractivity contribution in [1.82, 2.24) is 4.98 Å². The minimum Gasteiger partial charge on any atom is -0.357 e. The molecule has 0 saturated carbocycles. The Balaban J connectivity index is 1.58. The molecule has 24 heavy (non-hydrogen) atoms. The van der Waals surface area contributed by atoms with Gasteiger partial charge < -0.3 is 10.2 Å². The molecule has 0 spiro atoms. The highest BCUT2D eigenvalue weighted by Gasteiger charge is 2.12. The molecule has 0 radical (unpaired) electrons. The van der Waals surface area contributed by atoms with Crippen LogP contribution in [0.4, 0.5) is 15.9 Å². The molecule has 2 aromatic rings. The molecule has 1 aliphatic heterocycles. The number of halogens is 2. The third kappa shape index (κ3) is 4.32. The van der Waals surface area contributed by atoms with Crippen molar-refractivity contribution >= 4 is 33.3 Å². The van der Waals surface area contributed by atoms with Crippen molar-refractivity contribution < 1.29 is 9.18 Å². The number of carbonyl (C=O) groups is 1. The van der Waals surface area contributed by atoms with Crippen LogP contribution in [0, 0.1) is 5.82 Å². The van der Waals surface area contributed by atoms with Crippen LogP contribution in [0.25, 0.3) is 0 Å². The molecule has 126 valence electrons. The summed E-state index contributed by atoms with van der Waals surface area (Å²) < 4.78 is 13.6. The van der Waals surface area contributed by atoms with Crippen molar-refractivity contribution in [2.75, 3.05) is 23.3 Å². The van der Waals surface area contributed by atoms with Gasteiger partial charge in [0.1, 0.15) is 11.6 Å². The molecular weight excluding hydrogens is 373 g/mol. The van der Waals surface area contributed by atoms with Crippen molar-refractivity contribution in [3.05, 3.63) is 52.4 Å². The Bertz CT molecular complexity index is 715. The molecule has 0 bridgehead atoms. The van der Waals surface area contributed by atoms with Crippen molar-refractivity contribution in [3.63, 3.8) is 0 Å². The fourth-order valence-corrected chi connectivity index (χ4v) is 3.24. The van der Waals surface area contributed by atoms with Crippen molar-refractivity contribution in [1.29, 1.82) is 0 Å². The summed E-state index contributed by atoms with van der Waals surface area (Å²) in [5, 5.41) is 2.83. The first-order valence-electron chi connectivity index (χ1n) is 8.06. The zero-order chi connectivity index (χ0) is 16.9. The van der Waals surface area contributed by atoms with Gasteiger partial charge in [0.2, 0.25) is 5.91 Å². The number of rotatable bonds is 4. The molecule has 4 nitrogen and oxygen atoms in total. The largest absolute Gasteiger partial charge is 0.357 e. The van der Waals surface area contributed by atoms with E-state index in [1.54, 1.807) is 18.3 Å². The summed E-state index contributed by atoms with van der Waals surface area (Å²) in [6.07, 6.45) is 5.56. The minimum absolute atomic E-state index is 0.152. The van der Waals surface area contributed by atoms with Crippen LogP contribution in [0.15, 0.2) is 41.0 Å². The number of hydrogen-bond donors (Lipinski definition) is 1. The van der Waals surface area contributed by atoms with E-state index in [9.17, 15) is 9.18 Å². The van der Waals surface area contributed by atoms with Crippen LogP contribution >= 0.6 is 15.9 Å². The molecule has 1 N–H and O–H groups in total. The SMILES string of the molecule is O=C(Cc1ccc(F)c(Br)c1)Nc1ccc(N2CCCCC2)nc1. The maximum atomic E-state index is 13.2. The van der Waals surface area contributed by atoms with Crippen LogP contribution in [-0.2, 0) is 11.2 Å². The van der Waals surface area contributed by atoms with Gasteiger partial charge in [0.05, 0.1) is 22.8 Å². The summed E-state index contributed by atoms with van der Waals surface area (Å²) in [5.74, 6) is 0.466. The first-order valence-corrected chi connectivity index (χ1v) is 8.86. The third-order valence-electron chi connectivity index (χ3n) is 4.06. The number of hydrogen-bond acceptors (Lipinski definition) is 3. The number of amides is 1. The van der Waals surface area contributed by atoms with Crippen LogP contribution in [0.1, 0.15) is 24.8 Å². The van der Waals surface area contributed by atoms with Gasteiger partial charge >= 0.3 is 0 Å². The average Bonchev–Trinajstić information content (AvgIpc) is 2.59. The predicted octanol–water partition coefficient (Wildman–Crippen LogP) is 4.15. The van der Waals surface area contributed by atoms with Gasteiger partial charge in [-0.2, -0.15) is 0 Å². The Hall–Kier alpha value is -1.95. The highest BCUT2D eigenvalue weighted by molar-refractivity contribution is 9.10. The molecular formula is C18H19BrFN3O. The van der Waals surface area contributed by atoms with Crippen LogP contribution in [-0.4, -0.2) is 24.0 Å². The number of piperidine rings is 1. The minimum atomic E-state index is -0.336. The van der Waals surface area contributed by atoms with Gasteiger partial charge in [-0.1, -0.05) is 6.07 Å². The van der Waals surface area contributed by atoms with E-state index >= 15 is 0 Å². The summed E-state index contributed by atoms with van der Waals surface area (Å²) in [6.45, 7) is 2.08. The second kappa shape index (κ2) is 7.75. The second-order valence-corrected chi connectivity index (χ2v) is 6.78. The van der Waals surface area contributed by atoms with Crippen molar-refractivity contribution in [2.45, 2.75) is 25.7 Å². The summed E-state index contributed by atoms with van der Waals surface area (Å²) in [6, 6.07) is 8.39. The second-order valence-electron chi connectivity index (χ2n) is 5.93. The maximum absolute atomic E-state index is 13.2. The maximum Gasteiger partial charge on any atom is 0.228 e. The smallest absolute Gasteiger partial charge is 0.228 e. The molecule has 3 rings (SSSR count). The van der Waals surface area contributed by atoms with E-state index in [1.807, 2.05) is 12.1 Å². The molecule has 0 unspecified atom stereocenters. The first kappa shape index (κ1) is 16.9. The molecule has 1 saturated heterocycles. The van der Waals surface area contributed by atoms with Gasteiger partial charge in [0.25, 0.3) is 0 Å². The van der Waals surface area contributed by atoms with E-state index < -0.39 is 0 Å². The lowest BCUT2D eigenvalue weighted by Gasteiger charge is -2.27. The lowest BCUT2D eigenvalue weighted by atomic mass is 10.1. The number of anilines is 2. The summed E-state index contributed by atoms with van der Waals surface area (Å²) in [7, 11) is 0. The van der Waals surface area contributed by atoms with Crippen molar-refractivity contribution in [3.8, 4) is 0 Å². The van der Waals surface area contributed by atoms with Crippen LogP contribution in [0.5, 0.6) is 0 Å². The van der Waals surface area contributed by atoms with Gasteiger partial charge in [-0.25, -0.2) is 9.37 Å². The monoisotopic (exact) mass is 391 g/mol. The number of nitrogens with one attached hydrogen (secondary N) is 1. The van der Waals surface area contributed by atoms with E-state index in [0.29, 0.717) is 10.2 Å². The Labute approximate surface area is 149 Å². The van der Waals surface area contributed by atoms with E-state index in [2.05, 4.69) is 31.1 Å². The molecule has 1 fully saturated rings. The van der Waals surface area contributed by atoms with Crippen LogP contribution in [0.3, 0.4) is 0 Å². The third-order valence-corrected chi connectivity index (χ3v) is 4.67.